The molecule has 0 unspecified atom stereocenters. The van der Waals surface area contributed by atoms with Crippen molar-refractivity contribution in [2.75, 3.05) is 13.4 Å². The topological polar surface area (TPSA) is 135 Å². The number of fused-ring (bicyclic) bond motifs is 2. The monoisotopic (exact) mass is 419 g/mol. The van der Waals surface area contributed by atoms with Crippen molar-refractivity contribution in [1.82, 2.24) is 4.57 Å². The Morgan fingerprint density at radius 1 is 1.31 bits per heavy atom. The standard InChI is InChI=1S/C17H13N3O8S/c1-2-25-15(21)7-19-9-5-11-12(27-8-26-11)6-13(9)29-17(19)18-16(22)10-3-4-14(28-10)20(23)24/h3-6H,2,7-8H2,1H3. The highest BCUT2D eigenvalue weighted by Gasteiger charge is 2.21. The van der Waals surface area contributed by atoms with Crippen molar-refractivity contribution < 1.29 is 33.1 Å². The molecule has 1 aliphatic heterocycles. The molecule has 0 spiro atoms. The number of hydrogen-bond acceptors (Lipinski definition) is 9. The van der Waals surface area contributed by atoms with E-state index in [1.807, 2.05) is 0 Å². The highest BCUT2D eigenvalue weighted by atomic mass is 32.1. The lowest BCUT2D eigenvalue weighted by atomic mass is 10.3. The molecular weight excluding hydrogens is 406 g/mol. The predicted molar refractivity (Wildman–Crippen MR) is 97.8 cm³/mol. The van der Waals surface area contributed by atoms with Gasteiger partial charge in [0.2, 0.25) is 12.6 Å². The summed E-state index contributed by atoms with van der Waals surface area (Å²) in [6.45, 7) is 1.80. The Morgan fingerprint density at radius 2 is 2.07 bits per heavy atom. The van der Waals surface area contributed by atoms with Crippen LogP contribution in [-0.4, -0.2) is 34.8 Å². The number of esters is 1. The number of thiazole rings is 1. The van der Waals surface area contributed by atoms with Crippen LogP contribution >= 0.6 is 11.3 Å². The van der Waals surface area contributed by atoms with Gasteiger partial charge in [0, 0.05) is 12.1 Å². The maximum Gasteiger partial charge on any atom is 0.433 e. The van der Waals surface area contributed by atoms with Crippen LogP contribution < -0.4 is 14.3 Å². The molecule has 0 radical (unpaired) electrons. The van der Waals surface area contributed by atoms with E-state index in [1.54, 1.807) is 19.1 Å². The van der Waals surface area contributed by atoms with E-state index in [0.717, 1.165) is 17.4 Å². The fraction of sp³-hybridized carbons (Fsp3) is 0.235. The fourth-order valence-corrected chi connectivity index (χ4v) is 3.75. The molecule has 0 bridgehead atoms. The molecule has 0 N–H and O–H groups in total. The Bertz CT molecular complexity index is 1210. The zero-order valence-electron chi connectivity index (χ0n) is 14.9. The Morgan fingerprint density at radius 3 is 2.76 bits per heavy atom. The molecule has 0 aliphatic carbocycles. The van der Waals surface area contributed by atoms with E-state index in [2.05, 4.69) is 4.99 Å². The summed E-state index contributed by atoms with van der Waals surface area (Å²) in [5.41, 5.74) is 0.601. The largest absolute Gasteiger partial charge is 0.465 e. The molecule has 1 aromatic carbocycles. The number of carbonyl (C=O) groups is 2. The highest BCUT2D eigenvalue weighted by Crippen LogP contribution is 2.37. The van der Waals surface area contributed by atoms with Crippen LogP contribution in [0.4, 0.5) is 5.88 Å². The van der Waals surface area contributed by atoms with Crippen LogP contribution in [0.1, 0.15) is 17.5 Å². The lowest BCUT2D eigenvalue weighted by Gasteiger charge is -2.05. The molecule has 11 nitrogen and oxygen atoms in total. The van der Waals surface area contributed by atoms with Crippen molar-refractivity contribution in [3.8, 4) is 11.5 Å². The average Bonchev–Trinajstić information content (AvgIpc) is 3.39. The molecule has 150 valence electrons. The quantitative estimate of drug-likeness (QED) is 0.349. The number of carbonyl (C=O) groups excluding carboxylic acids is 2. The number of amides is 1. The minimum atomic E-state index is -0.817. The summed E-state index contributed by atoms with van der Waals surface area (Å²) in [6, 6.07) is 5.66. The third kappa shape index (κ3) is 3.57. The van der Waals surface area contributed by atoms with Crippen LogP contribution in [-0.2, 0) is 16.1 Å². The Kier molecular flexibility index (Phi) is 4.76. The van der Waals surface area contributed by atoms with E-state index in [1.165, 1.54) is 10.6 Å². The van der Waals surface area contributed by atoms with Crippen LogP contribution in [0, 0.1) is 10.1 Å². The van der Waals surface area contributed by atoms with Crippen molar-refractivity contribution in [2.45, 2.75) is 13.5 Å². The van der Waals surface area contributed by atoms with Crippen molar-refractivity contribution in [3.05, 3.63) is 44.9 Å². The minimum Gasteiger partial charge on any atom is -0.465 e. The number of nitro groups is 1. The predicted octanol–water partition coefficient (Wildman–Crippen LogP) is 2.24. The SMILES string of the molecule is CCOC(=O)Cn1c(=NC(=O)c2ccc([N+](=O)[O-])o2)sc2cc3c(cc21)OCO3. The molecule has 4 rings (SSSR count). The molecule has 0 atom stereocenters. The fourth-order valence-electron chi connectivity index (χ4n) is 2.72. The zero-order chi connectivity index (χ0) is 20.5. The second-order valence-electron chi connectivity index (χ2n) is 5.76. The number of ether oxygens (including phenoxy) is 3. The molecule has 3 aromatic rings. The van der Waals surface area contributed by atoms with E-state index < -0.39 is 22.7 Å². The average molecular weight is 419 g/mol. The van der Waals surface area contributed by atoms with Gasteiger partial charge in [-0.05, 0) is 13.0 Å². The highest BCUT2D eigenvalue weighted by molar-refractivity contribution is 7.16. The van der Waals surface area contributed by atoms with E-state index >= 15 is 0 Å². The third-order valence-electron chi connectivity index (χ3n) is 3.95. The maximum atomic E-state index is 12.4. The number of hydrogen-bond donors (Lipinski definition) is 0. The van der Waals surface area contributed by atoms with Crippen LogP contribution in [0.5, 0.6) is 11.5 Å². The summed E-state index contributed by atoms with van der Waals surface area (Å²) in [7, 11) is 0. The molecule has 12 heteroatoms. The molecular formula is C17H13N3O8S. The number of furan rings is 1. The van der Waals surface area contributed by atoms with Gasteiger partial charge in [-0.1, -0.05) is 11.3 Å². The van der Waals surface area contributed by atoms with Crippen LogP contribution in [0.25, 0.3) is 10.2 Å². The molecule has 0 fully saturated rings. The second kappa shape index (κ2) is 7.39. The van der Waals surface area contributed by atoms with Crippen LogP contribution in [0.2, 0.25) is 0 Å². The summed E-state index contributed by atoms with van der Waals surface area (Å²) in [4.78, 5) is 38.7. The van der Waals surface area contributed by atoms with E-state index in [4.69, 9.17) is 18.6 Å². The van der Waals surface area contributed by atoms with Gasteiger partial charge in [-0.25, -0.2) is 0 Å². The van der Waals surface area contributed by atoms with Gasteiger partial charge < -0.3 is 23.2 Å². The molecule has 2 aromatic heterocycles. The first-order valence-corrected chi connectivity index (χ1v) is 9.20. The summed E-state index contributed by atoms with van der Waals surface area (Å²) >= 11 is 1.14. The van der Waals surface area contributed by atoms with Gasteiger partial charge in [-0.15, -0.1) is 0 Å². The van der Waals surface area contributed by atoms with Gasteiger partial charge >= 0.3 is 17.8 Å². The first kappa shape index (κ1) is 18.7. The first-order valence-electron chi connectivity index (χ1n) is 8.38. The Hall–Kier alpha value is -3.67. The van der Waals surface area contributed by atoms with E-state index in [-0.39, 0.29) is 30.5 Å². The van der Waals surface area contributed by atoms with E-state index in [9.17, 15) is 19.7 Å². The third-order valence-corrected chi connectivity index (χ3v) is 4.99. The molecule has 3 heterocycles. The van der Waals surface area contributed by atoms with Gasteiger partial charge in [0.1, 0.15) is 11.5 Å². The number of benzene rings is 1. The van der Waals surface area contributed by atoms with Crippen molar-refractivity contribution in [2.24, 2.45) is 4.99 Å². The summed E-state index contributed by atoms with van der Waals surface area (Å²) in [5, 5.41) is 10.7. The smallest absolute Gasteiger partial charge is 0.433 e. The molecule has 29 heavy (non-hydrogen) atoms. The number of aromatic nitrogens is 1. The summed E-state index contributed by atoms with van der Waals surface area (Å²) < 4.78 is 22.8. The molecule has 1 aliphatic rings. The van der Waals surface area contributed by atoms with Crippen molar-refractivity contribution in [3.63, 3.8) is 0 Å². The van der Waals surface area contributed by atoms with Gasteiger partial charge in [0.15, 0.2) is 16.3 Å². The zero-order valence-corrected chi connectivity index (χ0v) is 15.8. The normalized spacial score (nSPS) is 13.1. The molecule has 0 saturated carbocycles. The number of nitrogens with zero attached hydrogens (tertiary/aromatic N) is 3. The van der Waals surface area contributed by atoms with Crippen molar-refractivity contribution in [1.29, 1.82) is 0 Å². The molecule has 0 saturated heterocycles. The van der Waals surface area contributed by atoms with Crippen LogP contribution in [0.3, 0.4) is 0 Å². The summed E-state index contributed by atoms with van der Waals surface area (Å²) in [6.07, 6.45) is 0. The minimum absolute atomic E-state index is 0.0947. The number of rotatable bonds is 5. The molecule has 1 amide bonds. The first-order chi connectivity index (χ1) is 14.0. The van der Waals surface area contributed by atoms with Crippen molar-refractivity contribution >= 4 is 39.3 Å². The Labute approximate surface area is 165 Å². The van der Waals surface area contributed by atoms with Gasteiger partial charge in [0.25, 0.3) is 0 Å². The lowest BCUT2D eigenvalue weighted by molar-refractivity contribution is -0.402. The second-order valence-corrected chi connectivity index (χ2v) is 6.77. The lowest BCUT2D eigenvalue weighted by Crippen LogP contribution is -2.23. The van der Waals surface area contributed by atoms with Gasteiger partial charge in [-0.2, -0.15) is 4.99 Å². The van der Waals surface area contributed by atoms with Crippen LogP contribution in [0.15, 0.2) is 33.7 Å². The van der Waals surface area contributed by atoms with E-state index in [0.29, 0.717) is 21.7 Å². The van der Waals surface area contributed by atoms with Gasteiger partial charge in [0.05, 0.1) is 22.9 Å². The van der Waals surface area contributed by atoms with Gasteiger partial charge in [-0.3, -0.25) is 19.7 Å². The maximum absolute atomic E-state index is 12.4. The summed E-state index contributed by atoms with van der Waals surface area (Å²) in [5.74, 6) is -1.13. The Balaban J connectivity index is 1.81.